The maximum Gasteiger partial charge on any atom is 0.255 e. The molecule has 3 rings (SSSR count). The molecule has 0 aliphatic rings. The van der Waals surface area contributed by atoms with E-state index >= 15 is 0 Å². The van der Waals surface area contributed by atoms with Gasteiger partial charge in [-0.2, -0.15) is 0 Å². The van der Waals surface area contributed by atoms with E-state index in [4.69, 9.17) is 9.53 Å². The molecule has 0 atom stereocenters. The van der Waals surface area contributed by atoms with Gasteiger partial charge in [0.05, 0.1) is 18.4 Å². The second kappa shape index (κ2) is 13.3. The number of H-pyrrole nitrogens is 1. The Morgan fingerprint density at radius 1 is 1.14 bits per heavy atom. The summed E-state index contributed by atoms with van der Waals surface area (Å²) in [4.78, 5) is 24.2. The summed E-state index contributed by atoms with van der Waals surface area (Å²) in [6.45, 7) is 9.32. The molecule has 0 unspecified atom stereocenters. The third-order valence-corrected chi connectivity index (χ3v) is 8.27. The number of rotatable bonds is 11. The number of ether oxygens (including phenoxy) is 1. The van der Waals surface area contributed by atoms with Crippen molar-refractivity contribution in [1.29, 1.82) is 0 Å². The number of hydrogen-bond acceptors (Lipinski definition) is 5. The van der Waals surface area contributed by atoms with E-state index in [9.17, 15) is 13.2 Å². The Kier molecular flexibility index (Phi) is 10.7. The van der Waals surface area contributed by atoms with Crippen molar-refractivity contribution >= 4 is 27.3 Å². The largest absolute Gasteiger partial charge is 0.496 e. The van der Waals surface area contributed by atoms with Crippen molar-refractivity contribution in [2.45, 2.75) is 53.5 Å². The molecular formula is C26H38N4O5S. The maximum atomic E-state index is 12.7. The fraction of sp³-hybridized carbons (Fsp3) is 0.462. The van der Waals surface area contributed by atoms with E-state index in [1.807, 2.05) is 32.0 Å². The number of methoxy groups -OCH3 is 1. The lowest BCUT2D eigenvalue weighted by Gasteiger charge is -2.19. The number of amides is 1. The first-order valence-electron chi connectivity index (χ1n) is 12.1. The lowest BCUT2D eigenvalue weighted by Crippen LogP contribution is -2.33. The first-order chi connectivity index (χ1) is 17.1. The normalized spacial score (nSPS) is 11.4. The molecule has 0 bridgehead atoms. The molecule has 3 aromatic rings. The van der Waals surface area contributed by atoms with E-state index in [2.05, 4.69) is 34.3 Å². The zero-order chi connectivity index (χ0) is 26.9. The van der Waals surface area contributed by atoms with Gasteiger partial charge in [0, 0.05) is 48.3 Å². The van der Waals surface area contributed by atoms with E-state index in [-0.39, 0.29) is 17.7 Å². The van der Waals surface area contributed by atoms with Crippen LogP contribution in [-0.2, 0) is 27.8 Å². The first kappa shape index (κ1) is 29.1. The number of nitrogens with two attached hydrogens (primary N) is 1. The van der Waals surface area contributed by atoms with Crippen LogP contribution >= 0.6 is 0 Å². The van der Waals surface area contributed by atoms with Crippen LogP contribution in [0.5, 0.6) is 5.75 Å². The standard InChI is InChI=1S/C25H35N3O4S.CH3NO/c1-6-27(33(30,31)7-2)14-10-11-15-28-19(4)21(20-12-8-9-13-23(20)28)17-22-24(32-5)16-18(3)26-25(22)29;2-1-3/h8-9,12-13,16H,6-7,10-11,14-15,17H2,1-5H3,(H,26,29);1H,(H2,2,3). The number of carbonyl (C=O) groups is 1. The first-order valence-corrected chi connectivity index (χ1v) is 13.7. The summed E-state index contributed by atoms with van der Waals surface area (Å²) in [5.41, 5.74) is 8.79. The molecule has 2 heterocycles. The van der Waals surface area contributed by atoms with E-state index in [1.54, 1.807) is 18.3 Å². The predicted molar refractivity (Wildman–Crippen MR) is 144 cm³/mol. The number of aryl methyl sites for hydroxylation is 2. The molecule has 36 heavy (non-hydrogen) atoms. The van der Waals surface area contributed by atoms with Crippen molar-refractivity contribution in [3.05, 3.63) is 63.2 Å². The molecule has 2 aromatic heterocycles. The van der Waals surface area contributed by atoms with Crippen molar-refractivity contribution in [2.24, 2.45) is 5.73 Å². The number of primary amides is 1. The van der Waals surface area contributed by atoms with Crippen molar-refractivity contribution < 1.29 is 17.9 Å². The van der Waals surface area contributed by atoms with E-state index in [0.717, 1.165) is 47.2 Å². The Bertz CT molecular complexity index is 1330. The lowest BCUT2D eigenvalue weighted by atomic mass is 10.0. The molecule has 3 N–H and O–H groups in total. The monoisotopic (exact) mass is 518 g/mol. The highest BCUT2D eigenvalue weighted by Gasteiger charge is 2.19. The number of sulfonamides is 1. The summed E-state index contributed by atoms with van der Waals surface area (Å²) in [5, 5.41) is 1.13. The number of nitrogens with zero attached hydrogens (tertiary/aromatic N) is 2. The number of nitrogens with one attached hydrogen (secondary N) is 1. The highest BCUT2D eigenvalue weighted by molar-refractivity contribution is 7.89. The van der Waals surface area contributed by atoms with Gasteiger partial charge >= 0.3 is 0 Å². The van der Waals surface area contributed by atoms with Crippen LogP contribution in [0.1, 0.15) is 49.2 Å². The third-order valence-electron chi connectivity index (χ3n) is 6.31. The summed E-state index contributed by atoms with van der Waals surface area (Å²) < 4.78 is 33.7. The Labute approximate surface area is 213 Å². The van der Waals surface area contributed by atoms with Crippen LogP contribution in [-0.4, -0.2) is 54.6 Å². The molecule has 10 heteroatoms. The number of carbonyl (C=O) groups excluding carboxylic acids is 1. The van der Waals surface area contributed by atoms with E-state index in [0.29, 0.717) is 30.8 Å². The molecule has 0 fully saturated rings. The molecule has 0 saturated carbocycles. The van der Waals surface area contributed by atoms with Crippen molar-refractivity contribution in [3.63, 3.8) is 0 Å². The SMILES string of the molecule is CCN(CCCCn1c(C)c(Cc2c(OC)cc(C)[nH]c2=O)c2ccccc21)S(=O)(=O)CC.NC=O. The zero-order valence-electron chi connectivity index (χ0n) is 21.8. The Balaban J connectivity index is 0.00000145. The minimum atomic E-state index is -3.16. The predicted octanol–water partition coefficient (Wildman–Crippen LogP) is 3.10. The molecule has 0 saturated heterocycles. The molecule has 198 valence electrons. The third kappa shape index (κ3) is 6.76. The van der Waals surface area contributed by atoms with Gasteiger partial charge in [-0.1, -0.05) is 25.1 Å². The molecule has 0 aliphatic heterocycles. The van der Waals surface area contributed by atoms with Crippen LogP contribution in [0.25, 0.3) is 10.9 Å². The van der Waals surface area contributed by atoms with Crippen LogP contribution in [0.3, 0.4) is 0 Å². The van der Waals surface area contributed by atoms with Crippen molar-refractivity contribution in [3.8, 4) is 5.75 Å². The van der Waals surface area contributed by atoms with Crippen LogP contribution < -0.4 is 16.0 Å². The lowest BCUT2D eigenvalue weighted by molar-refractivity contribution is -0.106. The van der Waals surface area contributed by atoms with Gasteiger partial charge in [-0.25, -0.2) is 12.7 Å². The fourth-order valence-corrected chi connectivity index (χ4v) is 5.63. The van der Waals surface area contributed by atoms with E-state index < -0.39 is 10.0 Å². The van der Waals surface area contributed by atoms with Crippen LogP contribution in [0.4, 0.5) is 0 Å². The van der Waals surface area contributed by atoms with Gasteiger partial charge in [-0.3, -0.25) is 9.59 Å². The number of benzene rings is 1. The highest BCUT2D eigenvalue weighted by atomic mass is 32.2. The average Bonchev–Trinajstić information content (AvgIpc) is 3.11. The van der Waals surface area contributed by atoms with Gasteiger partial charge in [0.25, 0.3) is 5.56 Å². The topological polar surface area (TPSA) is 127 Å². The minimum absolute atomic E-state index is 0.125. The summed E-state index contributed by atoms with van der Waals surface area (Å²) in [6, 6.07) is 10.1. The number of aromatic nitrogens is 2. The average molecular weight is 519 g/mol. The van der Waals surface area contributed by atoms with Gasteiger partial charge in [0.1, 0.15) is 5.75 Å². The van der Waals surface area contributed by atoms with Crippen molar-refractivity contribution in [2.75, 3.05) is 26.0 Å². The van der Waals surface area contributed by atoms with Crippen LogP contribution in [0.15, 0.2) is 35.1 Å². The summed E-state index contributed by atoms with van der Waals surface area (Å²) in [7, 11) is -1.57. The second-order valence-electron chi connectivity index (χ2n) is 8.47. The van der Waals surface area contributed by atoms with Gasteiger partial charge in [-0.15, -0.1) is 0 Å². The molecule has 1 amide bonds. The Morgan fingerprint density at radius 3 is 2.42 bits per heavy atom. The molecular weight excluding hydrogens is 480 g/mol. The highest BCUT2D eigenvalue weighted by Crippen LogP contribution is 2.30. The number of para-hydroxylation sites is 1. The molecule has 1 aromatic carbocycles. The molecule has 9 nitrogen and oxygen atoms in total. The van der Waals surface area contributed by atoms with E-state index in [1.165, 1.54) is 0 Å². The number of aromatic amines is 1. The number of fused-ring (bicyclic) bond motifs is 1. The van der Waals surface area contributed by atoms with Crippen LogP contribution in [0, 0.1) is 13.8 Å². The van der Waals surface area contributed by atoms with Gasteiger partial charge < -0.3 is 20.0 Å². The smallest absolute Gasteiger partial charge is 0.255 e. The summed E-state index contributed by atoms with van der Waals surface area (Å²) in [6.07, 6.45) is 2.39. The number of pyridine rings is 1. The molecule has 0 radical (unpaired) electrons. The van der Waals surface area contributed by atoms with Gasteiger partial charge in [-0.05, 0) is 51.3 Å². The second-order valence-corrected chi connectivity index (χ2v) is 10.7. The van der Waals surface area contributed by atoms with Gasteiger partial charge in [0.2, 0.25) is 16.4 Å². The fourth-order valence-electron chi connectivity index (χ4n) is 4.46. The molecule has 0 aliphatic carbocycles. The Hall–Kier alpha value is -3.11. The number of unbranched alkanes of at least 4 members (excludes halogenated alkanes) is 1. The molecule has 0 spiro atoms. The van der Waals surface area contributed by atoms with Crippen LogP contribution in [0.2, 0.25) is 0 Å². The maximum absolute atomic E-state index is 12.7. The number of hydrogen-bond donors (Lipinski definition) is 2. The quantitative estimate of drug-likeness (QED) is 0.298. The van der Waals surface area contributed by atoms with Crippen molar-refractivity contribution in [1.82, 2.24) is 13.9 Å². The summed E-state index contributed by atoms with van der Waals surface area (Å²) in [5.74, 6) is 0.733. The summed E-state index contributed by atoms with van der Waals surface area (Å²) >= 11 is 0. The minimum Gasteiger partial charge on any atom is -0.496 e. The Morgan fingerprint density at radius 2 is 1.81 bits per heavy atom. The zero-order valence-corrected chi connectivity index (χ0v) is 22.7. The van der Waals surface area contributed by atoms with Gasteiger partial charge in [0.15, 0.2) is 0 Å².